The summed E-state index contributed by atoms with van der Waals surface area (Å²) < 4.78 is 4.96. The van der Waals surface area contributed by atoms with E-state index in [-0.39, 0.29) is 17.9 Å². The second-order valence-electron chi connectivity index (χ2n) is 5.86. The molecule has 8 heteroatoms. The van der Waals surface area contributed by atoms with Crippen LogP contribution in [0.5, 0.6) is 0 Å². The predicted molar refractivity (Wildman–Crippen MR) is 92.9 cm³/mol. The number of hydrogen-bond acceptors (Lipinski definition) is 6. The molecule has 1 aliphatic carbocycles. The second-order valence-corrected chi connectivity index (χ2v) is 5.86. The van der Waals surface area contributed by atoms with Gasteiger partial charge in [-0.2, -0.15) is 0 Å². The molecule has 1 saturated carbocycles. The molecule has 4 rings (SSSR count). The Morgan fingerprint density at radius 3 is 2.76 bits per heavy atom. The van der Waals surface area contributed by atoms with Crippen molar-refractivity contribution in [2.75, 3.05) is 29.1 Å². The molecule has 25 heavy (non-hydrogen) atoms. The van der Waals surface area contributed by atoms with Crippen LogP contribution in [0.1, 0.15) is 12.8 Å². The van der Waals surface area contributed by atoms with Crippen molar-refractivity contribution >= 4 is 40.0 Å². The van der Waals surface area contributed by atoms with E-state index in [1.54, 1.807) is 23.2 Å². The van der Waals surface area contributed by atoms with Crippen LogP contribution in [0, 0.1) is 17.8 Å². The lowest BCUT2D eigenvalue weighted by Gasteiger charge is -2.15. The van der Waals surface area contributed by atoms with E-state index in [1.807, 2.05) is 6.07 Å². The lowest BCUT2D eigenvalue weighted by atomic mass is 10.1. The summed E-state index contributed by atoms with van der Waals surface area (Å²) in [5.74, 6) is 0.613. The number of nitriles is 1. The van der Waals surface area contributed by atoms with Gasteiger partial charge in [-0.3, -0.25) is 9.69 Å². The van der Waals surface area contributed by atoms with E-state index in [4.69, 9.17) is 15.7 Å². The lowest BCUT2D eigenvalue weighted by molar-refractivity contribution is -0.117. The topological polar surface area (TPSA) is 121 Å². The number of nitrogen functional groups attached to an aromatic ring is 1. The molecule has 2 aliphatic rings. The number of nitrogens with two attached hydrogens (primary N) is 1. The van der Waals surface area contributed by atoms with Crippen LogP contribution < -0.4 is 16.0 Å². The van der Waals surface area contributed by atoms with E-state index in [0.29, 0.717) is 30.3 Å². The SMILES string of the molecule is C#N.Nc1cc(N2CCOC2=O)cc2cc(NC(=O)C3CC3)ncc12. The van der Waals surface area contributed by atoms with E-state index in [0.717, 1.165) is 23.6 Å². The van der Waals surface area contributed by atoms with Crippen LogP contribution in [-0.4, -0.2) is 30.1 Å². The monoisotopic (exact) mass is 339 g/mol. The standard InChI is InChI=1S/C16H16N4O3.CHN/c17-13-7-11(20-3-4-23-16(20)22)5-10-6-14(18-8-12(10)13)19-15(21)9-1-2-9;1-2/h5-9H,1-4,17H2,(H,18,19,21);1H. The smallest absolute Gasteiger partial charge is 0.414 e. The Balaban J connectivity index is 0.000000880. The third-order valence-corrected chi connectivity index (χ3v) is 4.13. The molecule has 0 spiro atoms. The molecule has 0 atom stereocenters. The average molecular weight is 339 g/mol. The highest BCUT2D eigenvalue weighted by atomic mass is 16.6. The number of hydrogen-bond donors (Lipinski definition) is 2. The molecule has 3 N–H and O–H groups in total. The molecule has 2 aromatic rings. The predicted octanol–water partition coefficient (Wildman–Crippen LogP) is 2.26. The zero-order valence-electron chi connectivity index (χ0n) is 13.4. The highest BCUT2D eigenvalue weighted by molar-refractivity contribution is 6.01. The largest absolute Gasteiger partial charge is 0.447 e. The molecule has 1 aliphatic heterocycles. The Morgan fingerprint density at radius 2 is 2.12 bits per heavy atom. The first-order valence-corrected chi connectivity index (χ1v) is 7.82. The van der Waals surface area contributed by atoms with Crippen molar-refractivity contribution in [3.8, 4) is 6.57 Å². The number of fused-ring (bicyclic) bond motifs is 1. The number of amides is 2. The first-order chi connectivity index (χ1) is 12.1. The number of benzene rings is 1. The minimum atomic E-state index is -0.375. The van der Waals surface area contributed by atoms with Crippen LogP contribution in [0.25, 0.3) is 10.8 Å². The second kappa shape index (κ2) is 6.65. The van der Waals surface area contributed by atoms with Gasteiger partial charge in [0.1, 0.15) is 12.4 Å². The average Bonchev–Trinajstić information content (AvgIpc) is 3.38. The zero-order valence-corrected chi connectivity index (χ0v) is 13.4. The van der Waals surface area contributed by atoms with Gasteiger partial charge in [0.25, 0.3) is 0 Å². The third-order valence-electron chi connectivity index (χ3n) is 4.13. The highest BCUT2D eigenvalue weighted by Gasteiger charge is 2.30. The molecule has 2 heterocycles. The maximum atomic E-state index is 11.9. The van der Waals surface area contributed by atoms with Gasteiger partial charge < -0.3 is 15.8 Å². The number of cyclic esters (lactones) is 1. The fourth-order valence-electron chi connectivity index (χ4n) is 2.70. The van der Waals surface area contributed by atoms with Crippen molar-refractivity contribution in [3.63, 3.8) is 0 Å². The first kappa shape index (κ1) is 16.5. The number of pyridine rings is 1. The molecule has 2 amide bonds. The quantitative estimate of drug-likeness (QED) is 0.827. The Labute approximate surface area is 144 Å². The highest BCUT2D eigenvalue weighted by Crippen LogP contribution is 2.32. The summed E-state index contributed by atoms with van der Waals surface area (Å²) in [4.78, 5) is 29.3. The Morgan fingerprint density at radius 1 is 1.36 bits per heavy atom. The van der Waals surface area contributed by atoms with Gasteiger partial charge in [-0.15, -0.1) is 0 Å². The lowest BCUT2D eigenvalue weighted by Crippen LogP contribution is -2.23. The van der Waals surface area contributed by atoms with Crippen LogP contribution in [0.3, 0.4) is 0 Å². The summed E-state index contributed by atoms with van der Waals surface area (Å²) in [6.07, 6.45) is 3.14. The maximum absolute atomic E-state index is 11.9. The maximum Gasteiger partial charge on any atom is 0.414 e. The summed E-state index contributed by atoms with van der Waals surface area (Å²) in [6.45, 7) is 4.37. The minimum absolute atomic E-state index is 0.00379. The Kier molecular flexibility index (Phi) is 4.39. The Bertz CT molecular complexity index is 860. The molecule has 8 nitrogen and oxygen atoms in total. The van der Waals surface area contributed by atoms with Crippen molar-refractivity contribution in [3.05, 3.63) is 24.4 Å². The number of nitrogens with zero attached hydrogens (tertiary/aromatic N) is 3. The van der Waals surface area contributed by atoms with Gasteiger partial charge in [0.2, 0.25) is 5.91 Å². The molecule has 1 saturated heterocycles. The van der Waals surface area contributed by atoms with Gasteiger partial charge in [0.15, 0.2) is 0 Å². The van der Waals surface area contributed by atoms with Crippen molar-refractivity contribution in [1.29, 1.82) is 5.26 Å². The van der Waals surface area contributed by atoms with Crippen molar-refractivity contribution in [2.45, 2.75) is 12.8 Å². The number of aromatic nitrogens is 1. The fourth-order valence-corrected chi connectivity index (χ4v) is 2.70. The molecule has 0 bridgehead atoms. The van der Waals surface area contributed by atoms with Gasteiger partial charge in [-0.05, 0) is 36.4 Å². The van der Waals surface area contributed by atoms with Crippen LogP contribution in [0.15, 0.2) is 24.4 Å². The molecule has 0 radical (unpaired) electrons. The molecule has 2 fully saturated rings. The number of rotatable bonds is 3. The van der Waals surface area contributed by atoms with Crippen molar-refractivity contribution < 1.29 is 14.3 Å². The molecular formula is C17H17N5O3. The molecular weight excluding hydrogens is 322 g/mol. The number of carbonyl (C=O) groups is 2. The normalized spacial score (nSPS) is 16.1. The van der Waals surface area contributed by atoms with E-state index in [1.165, 1.54) is 0 Å². The van der Waals surface area contributed by atoms with Gasteiger partial charge >= 0.3 is 6.09 Å². The number of anilines is 3. The van der Waals surface area contributed by atoms with E-state index in [9.17, 15) is 9.59 Å². The van der Waals surface area contributed by atoms with Gasteiger partial charge in [0.05, 0.1) is 6.54 Å². The number of carbonyl (C=O) groups excluding carboxylic acids is 2. The molecule has 1 aromatic heterocycles. The summed E-state index contributed by atoms with van der Waals surface area (Å²) >= 11 is 0. The summed E-state index contributed by atoms with van der Waals surface area (Å²) in [5, 5.41) is 10.9. The van der Waals surface area contributed by atoms with Crippen LogP contribution in [-0.2, 0) is 9.53 Å². The van der Waals surface area contributed by atoms with E-state index >= 15 is 0 Å². The van der Waals surface area contributed by atoms with Gasteiger partial charge in [-0.1, -0.05) is 0 Å². The fraction of sp³-hybridized carbons (Fsp3) is 0.294. The van der Waals surface area contributed by atoms with Crippen LogP contribution in [0.2, 0.25) is 0 Å². The Hall–Kier alpha value is -3.34. The van der Waals surface area contributed by atoms with Crippen molar-refractivity contribution in [1.82, 2.24) is 4.98 Å². The van der Waals surface area contributed by atoms with E-state index < -0.39 is 0 Å². The first-order valence-electron chi connectivity index (χ1n) is 7.82. The molecule has 1 aromatic carbocycles. The van der Waals surface area contributed by atoms with Crippen LogP contribution in [0.4, 0.5) is 22.0 Å². The summed E-state index contributed by atoms with van der Waals surface area (Å²) in [6, 6.07) is 5.36. The minimum Gasteiger partial charge on any atom is -0.447 e. The van der Waals surface area contributed by atoms with Gasteiger partial charge in [0, 0.05) is 35.4 Å². The third kappa shape index (κ3) is 3.30. The van der Waals surface area contributed by atoms with Crippen molar-refractivity contribution in [2.24, 2.45) is 5.92 Å². The zero-order chi connectivity index (χ0) is 18.0. The summed E-state index contributed by atoms with van der Waals surface area (Å²) in [5.41, 5.74) is 7.29. The number of nitrogens with one attached hydrogen (secondary N) is 1. The molecule has 128 valence electrons. The van der Waals surface area contributed by atoms with Gasteiger partial charge in [-0.25, -0.2) is 15.0 Å². The summed E-state index contributed by atoms with van der Waals surface area (Å²) in [7, 11) is 0. The molecule has 0 unspecified atom stereocenters. The van der Waals surface area contributed by atoms with E-state index in [2.05, 4.69) is 16.9 Å². The number of ether oxygens (including phenoxy) is 1. The van der Waals surface area contributed by atoms with Crippen LogP contribution >= 0.6 is 0 Å².